The number of carbonyl (C=O) groups excluding carboxylic acids is 2. The van der Waals surface area contributed by atoms with Crippen molar-refractivity contribution < 1.29 is 22.4 Å². The van der Waals surface area contributed by atoms with Gasteiger partial charge in [0.05, 0.1) is 21.2 Å². The number of rotatable bonds is 6. The van der Waals surface area contributed by atoms with E-state index in [0.29, 0.717) is 0 Å². The second kappa shape index (κ2) is 9.60. The Morgan fingerprint density at radius 3 is 2.29 bits per heavy atom. The monoisotopic (exact) mass is 487 g/mol. The third-order valence-electron chi connectivity index (χ3n) is 5.04. The summed E-state index contributed by atoms with van der Waals surface area (Å²) in [5.74, 6) is -0.778. The molecular formula is C20H23Cl2N3O5S. The van der Waals surface area contributed by atoms with Crippen molar-refractivity contribution in [2.45, 2.75) is 24.8 Å². The Hall–Kier alpha value is -2.07. The largest absolute Gasteiger partial charge is 0.459 e. The topological polar surface area (TPSA) is 99.9 Å². The molecule has 1 aliphatic rings. The minimum Gasteiger partial charge on any atom is -0.459 e. The third kappa shape index (κ3) is 5.23. The summed E-state index contributed by atoms with van der Waals surface area (Å²) in [6.45, 7) is 4.33. The van der Waals surface area contributed by atoms with E-state index < -0.39 is 22.0 Å². The predicted molar refractivity (Wildman–Crippen MR) is 117 cm³/mol. The van der Waals surface area contributed by atoms with Crippen LogP contribution < -0.4 is 5.32 Å². The van der Waals surface area contributed by atoms with Gasteiger partial charge in [0.25, 0.3) is 5.91 Å². The first-order chi connectivity index (χ1) is 14.6. The molecule has 1 N–H and O–H groups in total. The Balaban J connectivity index is 1.66. The zero-order valence-corrected chi connectivity index (χ0v) is 19.4. The van der Waals surface area contributed by atoms with Crippen LogP contribution in [0.2, 0.25) is 10.0 Å². The molecule has 0 aliphatic carbocycles. The van der Waals surface area contributed by atoms with Crippen LogP contribution in [0.5, 0.6) is 0 Å². The van der Waals surface area contributed by atoms with Crippen LogP contribution in [0.1, 0.15) is 24.4 Å². The number of carbonyl (C=O) groups is 2. The molecule has 3 rings (SSSR count). The van der Waals surface area contributed by atoms with Gasteiger partial charge in [-0.15, -0.1) is 0 Å². The summed E-state index contributed by atoms with van der Waals surface area (Å²) in [5.41, 5.74) is 0. The number of nitrogens with one attached hydrogen (secondary N) is 1. The molecule has 31 heavy (non-hydrogen) atoms. The zero-order valence-electron chi connectivity index (χ0n) is 17.0. The van der Waals surface area contributed by atoms with Gasteiger partial charge in [0.1, 0.15) is 6.04 Å². The highest BCUT2D eigenvalue weighted by atomic mass is 35.5. The first-order valence-corrected chi connectivity index (χ1v) is 11.9. The lowest BCUT2D eigenvalue weighted by Crippen LogP contribution is -2.57. The number of hydrogen-bond acceptors (Lipinski definition) is 5. The highest BCUT2D eigenvalue weighted by Crippen LogP contribution is 2.27. The van der Waals surface area contributed by atoms with Gasteiger partial charge in [-0.1, -0.05) is 37.0 Å². The summed E-state index contributed by atoms with van der Waals surface area (Å²) in [6, 6.07) is 6.51. The highest BCUT2D eigenvalue weighted by Gasteiger charge is 2.34. The van der Waals surface area contributed by atoms with Gasteiger partial charge in [-0.25, -0.2) is 8.42 Å². The Kier molecular flexibility index (Phi) is 7.31. The molecule has 1 aliphatic heterocycles. The van der Waals surface area contributed by atoms with Crippen LogP contribution in [0.3, 0.4) is 0 Å². The lowest BCUT2D eigenvalue weighted by Gasteiger charge is -2.36. The van der Waals surface area contributed by atoms with E-state index in [1.54, 1.807) is 11.0 Å². The van der Waals surface area contributed by atoms with E-state index in [1.807, 2.05) is 13.8 Å². The number of piperazine rings is 1. The molecule has 0 saturated carbocycles. The van der Waals surface area contributed by atoms with Gasteiger partial charge in [0.15, 0.2) is 5.76 Å². The quantitative estimate of drug-likeness (QED) is 0.674. The maximum atomic E-state index is 13.0. The molecule has 2 aromatic rings. The Morgan fingerprint density at radius 2 is 1.74 bits per heavy atom. The maximum absolute atomic E-state index is 13.0. The van der Waals surface area contributed by atoms with Crippen molar-refractivity contribution in [3.05, 3.63) is 52.4 Å². The normalized spacial score (nSPS) is 16.4. The fourth-order valence-corrected chi connectivity index (χ4v) is 5.08. The van der Waals surface area contributed by atoms with Gasteiger partial charge in [-0.2, -0.15) is 4.31 Å². The summed E-state index contributed by atoms with van der Waals surface area (Å²) in [4.78, 5) is 27.0. The second-order valence-electron chi connectivity index (χ2n) is 7.48. The molecular weight excluding hydrogens is 465 g/mol. The first-order valence-electron chi connectivity index (χ1n) is 9.69. The van der Waals surface area contributed by atoms with Gasteiger partial charge in [-0.05, 0) is 36.2 Å². The van der Waals surface area contributed by atoms with Crippen molar-refractivity contribution in [3.8, 4) is 0 Å². The summed E-state index contributed by atoms with van der Waals surface area (Å²) in [5, 5.41) is 3.14. The molecule has 0 spiro atoms. The van der Waals surface area contributed by atoms with Crippen molar-refractivity contribution >= 4 is 45.0 Å². The molecule has 2 amide bonds. The van der Waals surface area contributed by atoms with E-state index in [-0.39, 0.29) is 58.7 Å². The van der Waals surface area contributed by atoms with Crippen LogP contribution in [0.4, 0.5) is 0 Å². The van der Waals surface area contributed by atoms with E-state index in [1.165, 1.54) is 34.8 Å². The average Bonchev–Trinajstić information content (AvgIpc) is 3.28. The minimum atomic E-state index is -3.77. The summed E-state index contributed by atoms with van der Waals surface area (Å²) >= 11 is 11.8. The highest BCUT2D eigenvalue weighted by molar-refractivity contribution is 7.89. The number of furan rings is 1. The molecule has 1 fully saturated rings. The molecule has 1 atom stereocenters. The van der Waals surface area contributed by atoms with Crippen LogP contribution in [0, 0.1) is 5.92 Å². The van der Waals surface area contributed by atoms with E-state index in [0.717, 1.165) is 0 Å². The molecule has 0 unspecified atom stereocenters. The smallest absolute Gasteiger partial charge is 0.287 e. The van der Waals surface area contributed by atoms with Crippen LogP contribution in [-0.2, 0) is 14.8 Å². The van der Waals surface area contributed by atoms with E-state index >= 15 is 0 Å². The average molecular weight is 488 g/mol. The maximum Gasteiger partial charge on any atom is 0.287 e. The molecule has 8 nitrogen and oxygen atoms in total. The van der Waals surface area contributed by atoms with Crippen molar-refractivity contribution in [1.82, 2.24) is 14.5 Å². The molecule has 1 saturated heterocycles. The van der Waals surface area contributed by atoms with E-state index in [9.17, 15) is 18.0 Å². The number of halogens is 2. The van der Waals surface area contributed by atoms with Crippen LogP contribution >= 0.6 is 23.2 Å². The van der Waals surface area contributed by atoms with Gasteiger partial charge in [0.2, 0.25) is 15.9 Å². The number of benzene rings is 1. The number of amides is 2. The Morgan fingerprint density at radius 1 is 1.06 bits per heavy atom. The minimum absolute atomic E-state index is 0.0486. The van der Waals surface area contributed by atoms with E-state index in [4.69, 9.17) is 27.6 Å². The van der Waals surface area contributed by atoms with Gasteiger partial charge in [-0.3, -0.25) is 9.59 Å². The Labute approximate surface area is 191 Å². The van der Waals surface area contributed by atoms with Crippen LogP contribution in [0.25, 0.3) is 0 Å². The van der Waals surface area contributed by atoms with Gasteiger partial charge >= 0.3 is 0 Å². The first kappa shape index (κ1) is 23.6. The zero-order chi connectivity index (χ0) is 22.8. The van der Waals surface area contributed by atoms with E-state index in [2.05, 4.69) is 5.32 Å². The number of hydrogen-bond donors (Lipinski definition) is 1. The summed E-state index contributed by atoms with van der Waals surface area (Å²) in [7, 11) is -3.77. The van der Waals surface area contributed by atoms with Gasteiger partial charge in [0, 0.05) is 26.2 Å². The predicted octanol–water partition coefficient (Wildman–Crippen LogP) is 2.87. The summed E-state index contributed by atoms with van der Waals surface area (Å²) < 4.78 is 32.2. The molecule has 11 heteroatoms. The fraction of sp³-hybridized carbons (Fsp3) is 0.400. The van der Waals surface area contributed by atoms with Crippen molar-refractivity contribution in [2.24, 2.45) is 5.92 Å². The molecule has 0 bridgehead atoms. The molecule has 0 radical (unpaired) electrons. The van der Waals surface area contributed by atoms with Gasteiger partial charge < -0.3 is 14.6 Å². The number of sulfonamides is 1. The Bertz CT molecular complexity index is 1050. The fourth-order valence-electron chi connectivity index (χ4n) is 3.27. The third-order valence-corrected chi connectivity index (χ3v) is 7.68. The molecule has 168 valence electrons. The lowest BCUT2D eigenvalue weighted by atomic mass is 10.0. The van der Waals surface area contributed by atoms with Crippen LogP contribution in [-0.4, -0.2) is 61.7 Å². The molecule has 1 aromatic heterocycles. The lowest BCUT2D eigenvalue weighted by molar-refractivity contribution is -0.135. The van der Waals surface area contributed by atoms with Crippen molar-refractivity contribution in [3.63, 3.8) is 0 Å². The second-order valence-corrected chi connectivity index (χ2v) is 10.2. The van der Waals surface area contributed by atoms with Crippen molar-refractivity contribution in [1.29, 1.82) is 0 Å². The van der Waals surface area contributed by atoms with Crippen molar-refractivity contribution in [2.75, 3.05) is 26.2 Å². The van der Waals surface area contributed by atoms with Crippen LogP contribution in [0.15, 0.2) is 45.9 Å². The standard InChI is InChI=1S/C20H23Cl2N3O5S/c1-13(2)18(23-19(26)17-4-3-11-30-17)20(27)24-7-9-25(10-8-24)31(28,29)14-5-6-15(21)16(22)12-14/h3-6,11-13,18H,7-10H2,1-2H3,(H,23,26)/t18-/m0/s1. The SMILES string of the molecule is CC(C)[C@H](NC(=O)c1ccco1)C(=O)N1CCN(S(=O)(=O)c2ccc(Cl)c(Cl)c2)CC1. The molecule has 2 heterocycles. The summed E-state index contributed by atoms with van der Waals surface area (Å²) in [6.07, 6.45) is 1.38. The number of nitrogens with zero attached hydrogens (tertiary/aromatic N) is 2. The molecule has 1 aromatic carbocycles.